The van der Waals surface area contributed by atoms with Crippen LogP contribution in [0.1, 0.15) is 38.9 Å². The first kappa shape index (κ1) is 14.5. The lowest BCUT2D eigenvalue weighted by atomic mass is 9.85. The molecule has 0 saturated heterocycles. The molecule has 1 fully saturated rings. The quantitative estimate of drug-likeness (QED) is 0.720. The molecule has 106 valence electrons. The summed E-state index contributed by atoms with van der Waals surface area (Å²) in [4.78, 5) is 11.0. The van der Waals surface area contributed by atoms with Crippen molar-refractivity contribution in [3.63, 3.8) is 0 Å². The van der Waals surface area contributed by atoms with E-state index < -0.39 is 0 Å². The molecule has 0 amide bonds. The molecular formula is C14H22ClN3O. The molecule has 19 heavy (non-hydrogen) atoms. The highest BCUT2D eigenvalue weighted by Crippen LogP contribution is 2.28. The second-order valence-electron chi connectivity index (χ2n) is 4.94. The molecule has 1 aromatic heterocycles. The maximum Gasteiger partial charge on any atom is 0.158 e. The fraction of sp³-hybridized carbons (Fsp3) is 0.714. The molecular weight excluding hydrogens is 262 g/mol. The lowest BCUT2D eigenvalue weighted by molar-refractivity contribution is 0.128. The second-order valence-corrected chi connectivity index (χ2v) is 5.33. The predicted octanol–water partition coefficient (Wildman–Crippen LogP) is 3.29. The van der Waals surface area contributed by atoms with Crippen LogP contribution in [0.3, 0.4) is 0 Å². The van der Waals surface area contributed by atoms with Crippen LogP contribution in [0.5, 0.6) is 0 Å². The van der Waals surface area contributed by atoms with Crippen LogP contribution in [-0.4, -0.2) is 29.7 Å². The SMILES string of the molecule is CCOCc1nc(Cl)cc(N(CC)CC2CCC2)n1. The van der Waals surface area contributed by atoms with E-state index >= 15 is 0 Å². The largest absolute Gasteiger partial charge is 0.374 e. The molecule has 1 saturated carbocycles. The standard InChI is InChI=1S/C14H22ClN3O/c1-3-18(9-11-6-5-7-11)14-8-12(15)16-13(17-14)10-19-4-2/h8,11H,3-7,9-10H2,1-2H3. The van der Waals surface area contributed by atoms with Gasteiger partial charge in [0.15, 0.2) is 5.82 Å². The molecule has 0 spiro atoms. The van der Waals surface area contributed by atoms with Gasteiger partial charge in [0, 0.05) is 25.8 Å². The fourth-order valence-electron chi connectivity index (χ4n) is 2.24. The van der Waals surface area contributed by atoms with E-state index in [0.29, 0.717) is 24.2 Å². The molecule has 1 heterocycles. The number of hydrogen-bond donors (Lipinski definition) is 0. The Morgan fingerprint density at radius 3 is 2.74 bits per heavy atom. The van der Waals surface area contributed by atoms with Crippen LogP contribution in [0.15, 0.2) is 6.07 Å². The van der Waals surface area contributed by atoms with Crippen LogP contribution in [-0.2, 0) is 11.3 Å². The Balaban J connectivity index is 2.08. The minimum Gasteiger partial charge on any atom is -0.374 e. The first-order valence-corrected chi connectivity index (χ1v) is 7.46. The van der Waals surface area contributed by atoms with Crippen LogP contribution in [0.4, 0.5) is 5.82 Å². The highest BCUT2D eigenvalue weighted by molar-refractivity contribution is 6.29. The molecule has 0 radical (unpaired) electrons. The van der Waals surface area contributed by atoms with E-state index in [9.17, 15) is 0 Å². The first-order chi connectivity index (χ1) is 9.22. The van der Waals surface area contributed by atoms with Gasteiger partial charge in [0.25, 0.3) is 0 Å². The van der Waals surface area contributed by atoms with Gasteiger partial charge in [-0.15, -0.1) is 0 Å². The van der Waals surface area contributed by atoms with Crippen molar-refractivity contribution in [2.75, 3.05) is 24.6 Å². The van der Waals surface area contributed by atoms with Gasteiger partial charge in [0.2, 0.25) is 0 Å². The highest BCUT2D eigenvalue weighted by Gasteiger charge is 2.21. The second kappa shape index (κ2) is 7.06. The summed E-state index contributed by atoms with van der Waals surface area (Å²) in [6.07, 6.45) is 4.03. The Morgan fingerprint density at radius 1 is 1.37 bits per heavy atom. The summed E-state index contributed by atoms with van der Waals surface area (Å²) in [7, 11) is 0. The summed E-state index contributed by atoms with van der Waals surface area (Å²) in [5, 5.41) is 0.492. The first-order valence-electron chi connectivity index (χ1n) is 7.09. The van der Waals surface area contributed by atoms with Crippen molar-refractivity contribution in [2.24, 2.45) is 5.92 Å². The zero-order valence-corrected chi connectivity index (χ0v) is 12.5. The van der Waals surface area contributed by atoms with E-state index in [0.717, 1.165) is 24.8 Å². The van der Waals surface area contributed by atoms with Crippen LogP contribution in [0.25, 0.3) is 0 Å². The van der Waals surface area contributed by atoms with E-state index in [1.165, 1.54) is 19.3 Å². The smallest absolute Gasteiger partial charge is 0.158 e. The molecule has 1 aliphatic carbocycles. The zero-order chi connectivity index (χ0) is 13.7. The summed E-state index contributed by atoms with van der Waals surface area (Å²) in [5.41, 5.74) is 0. The molecule has 0 unspecified atom stereocenters. The number of anilines is 1. The van der Waals surface area contributed by atoms with Crippen LogP contribution in [0, 0.1) is 5.92 Å². The van der Waals surface area contributed by atoms with Crippen molar-refractivity contribution >= 4 is 17.4 Å². The minimum atomic E-state index is 0.422. The molecule has 4 nitrogen and oxygen atoms in total. The van der Waals surface area contributed by atoms with Crippen molar-refractivity contribution in [2.45, 2.75) is 39.7 Å². The molecule has 2 rings (SSSR count). The van der Waals surface area contributed by atoms with Gasteiger partial charge in [0.05, 0.1) is 0 Å². The number of rotatable bonds is 7. The molecule has 0 bridgehead atoms. The highest BCUT2D eigenvalue weighted by atomic mass is 35.5. The molecule has 0 atom stereocenters. The molecule has 0 aromatic carbocycles. The van der Waals surface area contributed by atoms with Gasteiger partial charge in [-0.25, -0.2) is 9.97 Å². The molecule has 5 heteroatoms. The summed E-state index contributed by atoms with van der Waals surface area (Å²) in [6.45, 7) is 7.20. The third-order valence-electron chi connectivity index (χ3n) is 3.57. The summed E-state index contributed by atoms with van der Waals surface area (Å²) >= 11 is 6.08. The Labute approximate surface area is 120 Å². The van der Waals surface area contributed by atoms with Crippen molar-refractivity contribution in [3.8, 4) is 0 Å². The molecule has 0 N–H and O–H groups in total. The number of ether oxygens (including phenoxy) is 1. The lowest BCUT2D eigenvalue weighted by Gasteiger charge is -2.32. The van der Waals surface area contributed by atoms with Crippen molar-refractivity contribution in [1.82, 2.24) is 9.97 Å². The van der Waals surface area contributed by atoms with E-state index in [4.69, 9.17) is 16.3 Å². The summed E-state index contributed by atoms with van der Waals surface area (Å²) in [5.74, 6) is 2.39. The van der Waals surface area contributed by atoms with Gasteiger partial charge in [0.1, 0.15) is 17.6 Å². The van der Waals surface area contributed by atoms with Crippen molar-refractivity contribution in [3.05, 3.63) is 17.0 Å². The molecule has 1 aromatic rings. The third kappa shape index (κ3) is 4.05. The topological polar surface area (TPSA) is 38.2 Å². The average molecular weight is 284 g/mol. The number of hydrogen-bond acceptors (Lipinski definition) is 4. The summed E-state index contributed by atoms with van der Waals surface area (Å²) in [6, 6.07) is 1.85. The molecule has 1 aliphatic rings. The lowest BCUT2D eigenvalue weighted by Crippen LogP contribution is -2.33. The maximum absolute atomic E-state index is 6.08. The van der Waals surface area contributed by atoms with E-state index in [1.807, 2.05) is 13.0 Å². The predicted molar refractivity (Wildman–Crippen MR) is 77.6 cm³/mol. The number of nitrogens with zero attached hydrogens (tertiary/aromatic N) is 3. The van der Waals surface area contributed by atoms with E-state index in [-0.39, 0.29) is 0 Å². The van der Waals surface area contributed by atoms with E-state index in [1.54, 1.807) is 0 Å². The van der Waals surface area contributed by atoms with Gasteiger partial charge in [-0.3, -0.25) is 0 Å². The Bertz CT molecular complexity index is 410. The number of aromatic nitrogens is 2. The Morgan fingerprint density at radius 2 is 2.16 bits per heavy atom. The van der Waals surface area contributed by atoms with Gasteiger partial charge < -0.3 is 9.64 Å². The number of halogens is 1. The molecule has 0 aliphatic heterocycles. The van der Waals surface area contributed by atoms with Gasteiger partial charge in [-0.05, 0) is 32.6 Å². The Kier molecular flexibility index (Phi) is 5.40. The van der Waals surface area contributed by atoms with Crippen molar-refractivity contribution < 1.29 is 4.74 Å². The van der Waals surface area contributed by atoms with Gasteiger partial charge in [-0.1, -0.05) is 18.0 Å². The van der Waals surface area contributed by atoms with Gasteiger partial charge >= 0.3 is 0 Å². The van der Waals surface area contributed by atoms with Gasteiger partial charge in [-0.2, -0.15) is 0 Å². The zero-order valence-electron chi connectivity index (χ0n) is 11.7. The van der Waals surface area contributed by atoms with E-state index in [2.05, 4.69) is 21.8 Å². The maximum atomic E-state index is 6.08. The summed E-state index contributed by atoms with van der Waals surface area (Å²) < 4.78 is 5.35. The van der Waals surface area contributed by atoms with Crippen LogP contribution in [0.2, 0.25) is 5.15 Å². The Hall–Kier alpha value is -0.870. The van der Waals surface area contributed by atoms with Crippen LogP contribution >= 0.6 is 11.6 Å². The minimum absolute atomic E-state index is 0.422. The van der Waals surface area contributed by atoms with Crippen molar-refractivity contribution in [1.29, 1.82) is 0 Å². The normalized spacial score (nSPS) is 15.3. The third-order valence-corrected chi connectivity index (χ3v) is 3.77. The monoisotopic (exact) mass is 283 g/mol. The van der Waals surface area contributed by atoms with Crippen LogP contribution < -0.4 is 4.90 Å². The fourth-order valence-corrected chi connectivity index (χ4v) is 2.44. The average Bonchev–Trinajstić information content (AvgIpc) is 2.34.